The smallest absolute Gasteiger partial charge is 0.131 e. The van der Waals surface area contributed by atoms with Crippen molar-refractivity contribution in [3.8, 4) is 0 Å². The van der Waals surface area contributed by atoms with E-state index in [0.717, 1.165) is 31.9 Å². The summed E-state index contributed by atoms with van der Waals surface area (Å²) in [4.78, 5) is 19.3. The van der Waals surface area contributed by atoms with Gasteiger partial charge in [-0.3, -0.25) is 4.90 Å². The Bertz CT molecular complexity index is 612. The second-order valence-corrected chi connectivity index (χ2v) is 6.57. The Balaban J connectivity index is 1.39. The fourth-order valence-electron chi connectivity index (χ4n) is 3.68. The van der Waals surface area contributed by atoms with Gasteiger partial charge in [0.1, 0.15) is 5.82 Å². The highest BCUT2D eigenvalue weighted by atomic mass is 15.1. The molecule has 2 aliphatic rings. The molecule has 5 heteroatoms. The van der Waals surface area contributed by atoms with Gasteiger partial charge in [-0.2, -0.15) is 0 Å². The molecule has 0 saturated heterocycles. The van der Waals surface area contributed by atoms with Gasteiger partial charge in [0, 0.05) is 49.9 Å². The summed E-state index contributed by atoms with van der Waals surface area (Å²) < 4.78 is 0. The Kier molecular flexibility index (Phi) is 3.89. The molecule has 0 aromatic carbocycles. The quantitative estimate of drug-likeness (QED) is 0.946. The zero-order chi connectivity index (χ0) is 14.8. The van der Waals surface area contributed by atoms with Gasteiger partial charge in [-0.25, -0.2) is 15.0 Å². The summed E-state index contributed by atoms with van der Waals surface area (Å²) in [6, 6.07) is 0. The van der Waals surface area contributed by atoms with E-state index >= 15 is 0 Å². The average Bonchev–Trinajstić information content (AvgIpc) is 3.04. The fraction of sp³-hybridized carbons (Fsp3) is 0.588. The molecule has 2 aromatic heterocycles. The lowest BCUT2D eigenvalue weighted by Gasteiger charge is -2.26. The summed E-state index contributed by atoms with van der Waals surface area (Å²) in [5.41, 5.74) is 3.69. The first-order chi connectivity index (χ1) is 10.9. The van der Waals surface area contributed by atoms with Crippen LogP contribution in [-0.2, 0) is 19.5 Å². The number of rotatable bonds is 3. The molecule has 1 N–H and O–H groups in total. The number of aromatic amines is 1. The maximum atomic E-state index is 4.64. The minimum Gasteiger partial charge on any atom is -0.347 e. The number of hydrogen-bond donors (Lipinski definition) is 1. The van der Waals surface area contributed by atoms with E-state index < -0.39 is 0 Å². The third-order valence-corrected chi connectivity index (χ3v) is 4.96. The van der Waals surface area contributed by atoms with Gasteiger partial charge in [0.05, 0.1) is 17.7 Å². The van der Waals surface area contributed by atoms with Crippen LogP contribution in [0.25, 0.3) is 0 Å². The number of aromatic nitrogens is 4. The first-order valence-electron chi connectivity index (χ1n) is 8.43. The third kappa shape index (κ3) is 2.90. The van der Waals surface area contributed by atoms with E-state index in [0.29, 0.717) is 5.92 Å². The third-order valence-electron chi connectivity index (χ3n) is 4.96. The van der Waals surface area contributed by atoms with E-state index in [4.69, 9.17) is 0 Å². The summed E-state index contributed by atoms with van der Waals surface area (Å²) >= 11 is 0. The van der Waals surface area contributed by atoms with Gasteiger partial charge in [0.15, 0.2) is 0 Å². The standard InChI is InChI=1S/C17H23N5/c1-2-4-14(5-3-1)17-18-8-13(9-19-17)10-22-7-6-15-16(11-22)21-12-20-15/h8-9,12,14H,1-7,10-11H2,(H,20,21). The SMILES string of the molecule is c1nc2c([nH]1)CN(Cc1cnc(C3CCCCC3)nc1)CC2. The molecular weight excluding hydrogens is 274 g/mol. The maximum absolute atomic E-state index is 4.64. The summed E-state index contributed by atoms with van der Waals surface area (Å²) in [6.45, 7) is 2.92. The number of nitrogens with zero attached hydrogens (tertiary/aromatic N) is 4. The lowest BCUT2D eigenvalue weighted by atomic mass is 9.89. The Labute approximate surface area is 131 Å². The molecule has 4 rings (SSSR count). The Morgan fingerprint density at radius 3 is 2.73 bits per heavy atom. The number of fused-ring (bicyclic) bond motifs is 1. The molecule has 2 aromatic rings. The summed E-state index contributed by atoms with van der Waals surface area (Å²) in [5, 5.41) is 0. The molecule has 0 atom stereocenters. The van der Waals surface area contributed by atoms with Crippen LogP contribution in [0.1, 0.15) is 60.8 Å². The predicted octanol–water partition coefficient (Wildman–Crippen LogP) is 2.81. The predicted molar refractivity (Wildman–Crippen MR) is 84.3 cm³/mol. The maximum Gasteiger partial charge on any atom is 0.131 e. The van der Waals surface area contributed by atoms with Gasteiger partial charge in [-0.15, -0.1) is 0 Å². The van der Waals surface area contributed by atoms with Crippen molar-refractivity contribution in [3.63, 3.8) is 0 Å². The fourth-order valence-corrected chi connectivity index (χ4v) is 3.68. The summed E-state index contributed by atoms with van der Waals surface area (Å²) in [5.74, 6) is 1.64. The van der Waals surface area contributed by atoms with Crippen molar-refractivity contribution in [1.29, 1.82) is 0 Å². The molecule has 0 amide bonds. The van der Waals surface area contributed by atoms with Gasteiger partial charge in [0.25, 0.3) is 0 Å². The van der Waals surface area contributed by atoms with E-state index in [2.05, 4.69) is 24.8 Å². The lowest BCUT2D eigenvalue weighted by molar-refractivity contribution is 0.241. The van der Waals surface area contributed by atoms with E-state index in [1.165, 1.54) is 49.1 Å². The van der Waals surface area contributed by atoms with Crippen LogP contribution in [0.2, 0.25) is 0 Å². The number of imidazole rings is 1. The van der Waals surface area contributed by atoms with Crippen molar-refractivity contribution in [2.45, 2.75) is 57.5 Å². The Morgan fingerprint density at radius 1 is 1.09 bits per heavy atom. The zero-order valence-corrected chi connectivity index (χ0v) is 13.0. The molecule has 1 saturated carbocycles. The van der Waals surface area contributed by atoms with Crippen LogP contribution in [0.5, 0.6) is 0 Å². The molecule has 0 bridgehead atoms. The van der Waals surface area contributed by atoms with E-state index in [-0.39, 0.29) is 0 Å². The number of nitrogens with one attached hydrogen (secondary N) is 1. The van der Waals surface area contributed by atoms with Gasteiger partial charge < -0.3 is 4.98 Å². The average molecular weight is 297 g/mol. The van der Waals surface area contributed by atoms with Crippen LogP contribution in [0.15, 0.2) is 18.7 Å². The molecule has 1 aliphatic heterocycles. The van der Waals surface area contributed by atoms with Crippen molar-refractivity contribution in [2.24, 2.45) is 0 Å². The van der Waals surface area contributed by atoms with Gasteiger partial charge >= 0.3 is 0 Å². The van der Waals surface area contributed by atoms with Crippen LogP contribution in [-0.4, -0.2) is 31.4 Å². The Hall–Kier alpha value is -1.75. The molecule has 0 radical (unpaired) electrons. The van der Waals surface area contributed by atoms with Crippen LogP contribution >= 0.6 is 0 Å². The minimum absolute atomic E-state index is 0.588. The molecule has 0 spiro atoms. The van der Waals surface area contributed by atoms with Crippen LogP contribution in [0.4, 0.5) is 0 Å². The van der Waals surface area contributed by atoms with Crippen molar-refractivity contribution >= 4 is 0 Å². The molecule has 0 unspecified atom stereocenters. The van der Waals surface area contributed by atoms with Gasteiger partial charge in [-0.1, -0.05) is 19.3 Å². The molecule has 1 aliphatic carbocycles. The zero-order valence-electron chi connectivity index (χ0n) is 13.0. The number of hydrogen-bond acceptors (Lipinski definition) is 4. The second-order valence-electron chi connectivity index (χ2n) is 6.57. The first kappa shape index (κ1) is 13.9. The molecule has 3 heterocycles. The molecule has 116 valence electrons. The lowest BCUT2D eigenvalue weighted by Crippen LogP contribution is -2.30. The first-order valence-corrected chi connectivity index (χ1v) is 8.43. The highest BCUT2D eigenvalue weighted by Crippen LogP contribution is 2.30. The molecular formula is C17H23N5. The van der Waals surface area contributed by atoms with E-state index in [1.807, 2.05) is 12.4 Å². The number of H-pyrrole nitrogens is 1. The highest BCUT2D eigenvalue weighted by molar-refractivity contribution is 5.15. The van der Waals surface area contributed by atoms with Gasteiger partial charge in [-0.05, 0) is 12.8 Å². The molecule has 5 nitrogen and oxygen atoms in total. The minimum atomic E-state index is 0.588. The van der Waals surface area contributed by atoms with Crippen molar-refractivity contribution in [1.82, 2.24) is 24.8 Å². The van der Waals surface area contributed by atoms with Crippen LogP contribution in [0, 0.1) is 0 Å². The van der Waals surface area contributed by atoms with Crippen molar-refractivity contribution < 1.29 is 0 Å². The highest BCUT2D eigenvalue weighted by Gasteiger charge is 2.20. The molecule has 22 heavy (non-hydrogen) atoms. The molecule has 1 fully saturated rings. The second kappa shape index (κ2) is 6.16. The van der Waals surface area contributed by atoms with E-state index in [1.54, 1.807) is 6.33 Å². The topological polar surface area (TPSA) is 57.7 Å². The van der Waals surface area contributed by atoms with Crippen LogP contribution in [0.3, 0.4) is 0 Å². The summed E-state index contributed by atoms with van der Waals surface area (Å²) in [7, 11) is 0. The Morgan fingerprint density at radius 2 is 1.91 bits per heavy atom. The van der Waals surface area contributed by atoms with Crippen molar-refractivity contribution in [3.05, 3.63) is 41.5 Å². The summed E-state index contributed by atoms with van der Waals surface area (Å²) in [6.07, 6.45) is 13.4. The largest absolute Gasteiger partial charge is 0.347 e. The monoisotopic (exact) mass is 297 g/mol. The van der Waals surface area contributed by atoms with Crippen molar-refractivity contribution in [2.75, 3.05) is 6.54 Å². The normalized spacial score (nSPS) is 20.0. The van der Waals surface area contributed by atoms with Crippen LogP contribution < -0.4 is 0 Å². The van der Waals surface area contributed by atoms with E-state index in [9.17, 15) is 0 Å². The van der Waals surface area contributed by atoms with Gasteiger partial charge in [0.2, 0.25) is 0 Å².